The Bertz CT molecular complexity index is 916. The van der Waals surface area contributed by atoms with E-state index in [2.05, 4.69) is 0 Å². The van der Waals surface area contributed by atoms with Gasteiger partial charge in [-0.05, 0) is 74.1 Å². The van der Waals surface area contributed by atoms with E-state index in [0.717, 1.165) is 24.2 Å². The van der Waals surface area contributed by atoms with Gasteiger partial charge in [-0.2, -0.15) is 0 Å². The van der Waals surface area contributed by atoms with Crippen molar-refractivity contribution in [2.75, 3.05) is 18.2 Å². The lowest BCUT2D eigenvalue weighted by atomic mass is 10.1. The van der Waals surface area contributed by atoms with Crippen LogP contribution in [0.5, 0.6) is 5.75 Å². The molecular formula is C22H27NO4S. The van der Waals surface area contributed by atoms with Gasteiger partial charge >= 0.3 is 0 Å². The van der Waals surface area contributed by atoms with Crippen molar-refractivity contribution in [1.82, 2.24) is 0 Å². The fourth-order valence-corrected chi connectivity index (χ4v) is 4.08. The van der Waals surface area contributed by atoms with Crippen LogP contribution in [0.2, 0.25) is 0 Å². The van der Waals surface area contributed by atoms with Crippen LogP contribution in [0.15, 0.2) is 53.4 Å². The third kappa shape index (κ3) is 5.35. The molecule has 0 unspecified atom stereocenters. The van der Waals surface area contributed by atoms with Gasteiger partial charge in [0.2, 0.25) is 5.91 Å². The molecule has 0 radical (unpaired) electrons. The molecule has 0 saturated heterocycles. The third-order valence-electron chi connectivity index (χ3n) is 5.16. The maximum Gasteiger partial charge on any atom is 0.227 e. The highest BCUT2D eigenvalue weighted by Gasteiger charge is 2.17. The zero-order valence-electron chi connectivity index (χ0n) is 16.4. The predicted molar refractivity (Wildman–Crippen MR) is 111 cm³/mol. The first-order valence-corrected chi connectivity index (χ1v) is 11.5. The fraction of sp³-hybridized carbons (Fsp3) is 0.409. The molecule has 0 bridgehead atoms. The average Bonchev–Trinajstić information content (AvgIpc) is 3.18. The summed E-state index contributed by atoms with van der Waals surface area (Å²) >= 11 is 0. The van der Waals surface area contributed by atoms with Crippen LogP contribution in [0, 0.1) is 0 Å². The summed E-state index contributed by atoms with van der Waals surface area (Å²) in [6.45, 7) is 0. The predicted octanol–water partition coefficient (Wildman–Crippen LogP) is 4.01. The highest BCUT2D eigenvalue weighted by atomic mass is 32.2. The summed E-state index contributed by atoms with van der Waals surface area (Å²) in [5, 5.41) is 0. The molecule has 6 heteroatoms. The second-order valence-corrected chi connectivity index (χ2v) is 9.41. The summed E-state index contributed by atoms with van der Waals surface area (Å²) in [5.74, 6) is 0.857. The smallest absolute Gasteiger partial charge is 0.227 e. The number of hydrogen-bond acceptors (Lipinski definition) is 4. The quantitative estimate of drug-likeness (QED) is 0.703. The van der Waals surface area contributed by atoms with Gasteiger partial charge in [-0.15, -0.1) is 0 Å². The van der Waals surface area contributed by atoms with Gasteiger partial charge in [0.1, 0.15) is 5.75 Å². The number of carbonyl (C=O) groups excluding carboxylic acids is 1. The summed E-state index contributed by atoms with van der Waals surface area (Å²) in [6.07, 6.45) is 7.19. The Morgan fingerprint density at radius 3 is 2.43 bits per heavy atom. The Morgan fingerprint density at radius 2 is 1.79 bits per heavy atom. The Kier molecular flexibility index (Phi) is 6.39. The van der Waals surface area contributed by atoms with E-state index in [1.54, 1.807) is 24.1 Å². The van der Waals surface area contributed by atoms with Crippen LogP contribution in [0.3, 0.4) is 0 Å². The number of anilines is 1. The van der Waals surface area contributed by atoms with Crippen LogP contribution in [0.25, 0.3) is 0 Å². The maximum atomic E-state index is 12.5. The normalized spacial score (nSPS) is 14.8. The third-order valence-corrected chi connectivity index (χ3v) is 6.29. The number of amides is 1. The van der Waals surface area contributed by atoms with Crippen molar-refractivity contribution in [3.63, 3.8) is 0 Å². The molecule has 150 valence electrons. The molecule has 5 nitrogen and oxygen atoms in total. The highest BCUT2D eigenvalue weighted by Crippen LogP contribution is 2.25. The van der Waals surface area contributed by atoms with Crippen LogP contribution in [0.4, 0.5) is 5.69 Å². The van der Waals surface area contributed by atoms with Crippen LogP contribution >= 0.6 is 0 Å². The molecule has 2 aromatic rings. The van der Waals surface area contributed by atoms with Gasteiger partial charge in [0, 0.05) is 25.4 Å². The number of benzene rings is 2. The monoisotopic (exact) mass is 401 g/mol. The van der Waals surface area contributed by atoms with E-state index in [9.17, 15) is 13.2 Å². The zero-order valence-corrected chi connectivity index (χ0v) is 17.2. The Hall–Kier alpha value is -2.34. The van der Waals surface area contributed by atoms with E-state index in [1.807, 2.05) is 24.3 Å². The van der Waals surface area contributed by atoms with Crippen LogP contribution in [0.1, 0.15) is 37.7 Å². The molecule has 3 rings (SSSR count). The Morgan fingerprint density at radius 1 is 1.11 bits per heavy atom. The molecule has 2 aromatic carbocycles. The first-order chi connectivity index (χ1) is 13.3. The topological polar surface area (TPSA) is 63.7 Å². The lowest BCUT2D eigenvalue weighted by Crippen LogP contribution is -2.26. The highest BCUT2D eigenvalue weighted by molar-refractivity contribution is 7.90. The number of rotatable bonds is 7. The standard InChI is InChI=1S/C22H27NO4S/c1-23(18-11-13-21(14-12-18)28(2,25)26)22(24)15-10-17-6-5-9-20(16-17)27-19-7-3-4-8-19/h5-6,9,11-14,16,19H,3-4,7-8,10,15H2,1-2H3. The van der Waals surface area contributed by atoms with Crippen LogP contribution in [-0.2, 0) is 21.1 Å². The molecule has 0 spiro atoms. The molecule has 0 aliphatic heterocycles. The van der Waals surface area contributed by atoms with Crippen LogP contribution < -0.4 is 9.64 Å². The molecule has 0 atom stereocenters. The van der Waals surface area contributed by atoms with E-state index in [1.165, 1.54) is 31.2 Å². The molecular weight excluding hydrogens is 374 g/mol. The largest absolute Gasteiger partial charge is 0.490 e. The van der Waals surface area contributed by atoms with Gasteiger partial charge in [-0.25, -0.2) is 8.42 Å². The molecule has 1 fully saturated rings. The van der Waals surface area contributed by atoms with E-state index in [-0.39, 0.29) is 10.8 Å². The first-order valence-electron chi connectivity index (χ1n) is 9.65. The average molecular weight is 402 g/mol. The fourth-order valence-electron chi connectivity index (χ4n) is 3.45. The molecule has 1 aliphatic carbocycles. The van der Waals surface area contributed by atoms with Gasteiger partial charge in [-0.1, -0.05) is 12.1 Å². The van der Waals surface area contributed by atoms with Crippen molar-refractivity contribution in [3.05, 3.63) is 54.1 Å². The van der Waals surface area contributed by atoms with Crippen molar-refractivity contribution < 1.29 is 17.9 Å². The number of aryl methyl sites for hydroxylation is 1. The molecule has 0 N–H and O–H groups in total. The second-order valence-electron chi connectivity index (χ2n) is 7.39. The SMILES string of the molecule is CN(C(=O)CCc1cccc(OC2CCCC2)c1)c1ccc(S(C)(=O)=O)cc1. The minimum atomic E-state index is -3.24. The first kappa shape index (κ1) is 20.4. The van der Waals surface area contributed by atoms with Crippen molar-refractivity contribution in [3.8, 4) is 5.75 Å². The molecule has 1 amide bonds. The van der Waals surface area contributed by atoms with Gasteiger partial charge in [0.25, 0.3) is 0 Å². The van der Waals surface area contributed by atoms with E-state index in [4.69, 9.17) is 4.74 Å². The number of sulfone groups is 1. The molecule has 0 aromatic heterocycles. The number of hydrogen-bond donors (Lipinski definition) is 0. The summed E-state index contributed by atoms with van der Waals surface area (Å²) in [4.78, 5) is 14.3. The van der Waals surface area contributed by atoms with Gasteiger partial charge in [0.05, 0.1) is 11.0 Å². The van der Waals surface area contributed by atoms with E-state index >= 15 is 0 Å². The Labute approximate surface area is 167 Å². The van der Waals surface area contributed by atoms with E-state index < -0.39 is 9.84 Å². The molecule has 28 heavy (non-hydrogen) atoms. The summed E-state index contributed by atoms with van der Waals surface area (Å²) in [7, 11) is -1.53. The van der Waals surface area contributed by atoms with E-state index in [0.29, 0.717) is 24.6 Å². The minimum absolute atomic E-state index is 0.0192. The summed E-state index contributed by atoms with van der Waals surface area (Å²) in [6, 6.07) is 14.3. The van der Waals surface area contributed by atoms with Crippen LogP contribution in [-0.4, -0.2) is 33.7 Å². The molecule has 0 heterocycles. The van der Waals surface area contributed by atoms with Crippen molar-refractivity contribution in [2.45, 2.75) is 49.5 Å². The van der Waals surface area contributed by atoms with Crippen molar-refractivity contribution >= 4 is 21.4 Å². The maximum absolute atomic E-state index is 12.5. The second kappa shape index (κ2) is 8.78. The van der Waals surface area contributed by atoms with Crippen molar-refractivity contribution in [1.29, 1.82) is 0 Å². The van der Waals surface area contributed by atoms with Gasteiger partial charge in [0.15, 0.2) is 9.84 Å². The van der Waals surface area contributed by atoms with Crippen molar-refractivity contribution in [2.24, 2.45) is 0 Å². The van der Waals surface area contributed by atoms with Gasteiger partial charge in [-0.3, -0.25) is 4.79 Å². The molecule has 1 saturated carbocycles. The lowest BCUT2D eigenvalue weighted by Gasteiger charge is -2.18. The minimum Gasteiger partial charge on any atom is -0.490 e. The van der Waals surface area contributed by atoms with Gasteiger partial charge < -0.3 is 9.64 Å². The summed E-state index contributed by atoms with van der Waals surface area (Å²) < 4.78 is 29.1. The molecule has 1 aliphatic rings. The zero-order chi connectivity index (χ0) is 20.1. The number of ether oxygens (including phenoxy) is 1. The summed E-state index contributed by atoms with van der Waals surface area (Å²) in [5.41, 5.74) is 1.75. The Balaban J connectivity index is 1.57. The number of nitrogens with zero attached hydrogens (tertiary/aromatic N) is 1. The number of carbonyl (C=O) groups is 1. The lowest BCUT2D eigenvalue weighted by molar-refractivity contribution is -0.118.